The van der Waals surface area contributed by atoms with Crippen molar-refractivity contribution in [2.45, 2.75) is 19.9 Å². The molecule has 1 aromatic heterocycles. The summed E-state index contributed by atoms with van der Waals surface area (Å²) in [6, 6.07) is 9.16. The summed E-state index contributed by atoms with van der Waals surface area (Å²) >= 11 is 3.38. The molecular weight excluding hydrogens is 320 g/mol. The first-order valence-corrected chi connectivity index (χ1v) is 7.13. The Morgan fingerprint density at radius 1 is 1.25 bits per heavy atom. The van der Waals surface area contributed by atoms with Crippen molar-refractivity contribution in [3.8, 4) is 0 Å². The molecule has 0 radical (unpaired) electrons. The molecule has 0 bridgehead atoms. The SMILES string of the molecule is CCC(=O)c1ccn(CC(=O)Nc2ccccc2Br)c1. The normalized spacial score (nSPS) is 10.3. The maximum absolute atomic E-state index is 11.9. The van der Waals surface area contributed by atoms with E-state index in [1.54, 1.807) is 23.0 Å². The maximum Gasteiger partial charge on any atom is 0.244 e. The van der Waals surface area contributed by atoms with E-state index in [4.69, 9.17) is 0 Å². The van der Waals surface area contributed by atoms with Crippen LogP contribution in [0.1, 0.15) is 23.7 Å². The van der Waals surface area contributed by atoms with Crippen molar-refractivity contribution in [2.24, 2.45) is 0 Å². The lowest BCUT2D eigenvalue weighted by molar-refractivity contribution is -0.116. The number of ketones is 1. The third-order valence-corrected chi connectivity index (χ3v) is 3.56. The standard InChI is InChI=1S/C15H15BrN2O2/c1-2-14(19)11-7-8-18(9-11)10-15(20)17-13-6-4-3-5-12(13)16/h3-9H,2,10H2,1H3,(H,17,20). The monoisotopic (exact) mass is 334 g/mol. The summed E-state index contributed by atoms with van der Waals surface area (Å²) in [5.41, 5.74) is 1.37. The van der Waals surface area contributed by atoms with E-state index in [9.17, 15) is 9.59 Å². The van der Waals surface area contributed by atoms with E-state index in [1.807, 2.05) is 31.2 Å². The van der Waals surface area contributed by atoms with Gasteiger partial charge in [0.2, 0.25) is 5.91 Å². The lowest BCUT2D eigenvalue weighted by Gasteiger charge is -2.07. The molecule has 0 atom stereocenters. The van der Waals surface area contributed by atoms with E-state index >= 15 is 0 Å². The van der Waals surface area contributed by atoms with Gasteiger partial charge in [-0.25, -0.2) is 0 Å². The van der Waals surface area contributed by atoms with Crippen LogP contribution in [0.15, 0.2) is 47.2 Å². The fourth-order valence-electron chi connectivity index (χ4n) is 1.83. The second-order valence-electron chi connectivity index (χ2n) is 4.38. The summed E-state index contributed by atoms with van der Waals surface area (Å²) in [5.74, 6) is -0.0574. The average molecular weight is 335 g/mol. The number of amides is 1. The van der Waals surface area contributed by atoms with Crippen LogP contribution in [0, 0.1) is 0 Å². The fourth-order valence-corrected chi connectivity index (χ4v) is 2.21. The van der Waals surface area contributed by atoms with Crippen LogP contribution in [-0.2, 0) is 11.3 Å². The Kier molecular flexibility index (Phi) is 4.74. The Labute approximate surface area is 125 Å². The van der Waals surface area contributed by atoms with Crippen molar-refractivity contribution < 1.29 is 9.59 Å². The highest BCUT2D eigenvalue weighted by Gasteiger charge is 2.08. The van der Waals surface area contributed by atoms with Gasteiger partial charge in [-0.05, 0) is 34.1 Å². The predicted molar refractivity (Wildman–Crippen MR) is 81.8 cm³/mol. The summed E-state index contributed by atoms with van der Waals surface area (Å²) in [6.07, 6.45) is 3.90. The number of hydrogen-bond donors (Lipinski definition) is 1. The molecule has 0 aliphatic rings. The van der Waals surface area contributed by atoms with E-state index in [1.165, 1.54) is 0 Å². The van der Waals surface area contributed by atoms with Gasteiger partial charge in [0.1, 0.15) is 6.54 Å². The Hall–Kier alpha value is -1.88. The average Bonchev–Trinajstić information content (AvgIpc) is 2.89. The predicted octanol–water partition coefficient (Wildman–Crippen LogP) is 3.48. The minimum atomic E-state index is -0.136. The molecule has 1 N–H and O–H groups in total. The third kappa shape index (κ3) is 3.57. The van der Waals surface area contributed by atoms with Gasteiger partial charge in [-0.1, -0.05) is 19.1 Å². The van der Waals surface area contributed by atoms with Crippen LogP contribution in [0.3, 0.4) is 0 Å². The maximum atomic E-state index is 11.9. The van der Waals surface area contributed by atoms with E-state index in [0.29, 0.717) is 12.0 Å². The molecule has 0 aliphatic heterocycles. The number of carbonyl (C=O) groups is 2. The van der Waals surface area contributed by atoms with Gasteiger partial charge >= 0.3 is 0 Å². The highest BCUT2D eigenvalue weighted by atomic mass is 79.9. The van der Waals surface area contributed by atoms with Crippen molar-refractivity contribution in [1.29, 1.82) is 0 Å². The first kappa shape index (κ1) is 14.5. The summed E-state index contributed by atoms with van der Waals surface area (Å²) in [7, 11) is 0. The molecule has 2 rings (SSSR count). The lowest BCUT2D eigenvalue weighted by Crippen LogP contribution is -2.18. The number of anilines is 1. The molecule has 0 saturated heterocycles. The Bertz CT molecular complexity index is 634. The number of nitrogens with one attached hydrogen (secondary N) is 1. The van der Waals surface area contributed by atoms with Crippen LogP contribution in [0.2, 0.25) is 0 Å². The van der Waals surface area contributed by atoms with Crippen LogP contribution in [0.5, 0.6) is 0 Å². The van der Waals surface area contributed by atoms with Gasteiger partial charge in [0.05, 0.1) is 5.69 Å². The Morgan fingerprint density at radius 2 is 2.00 bits per heavy atom. The minimum absolute atomic E-state index is 0.0787. The number of aromatic nitrogens is 1. The van der Waals surface area contributed by atoms with Gasteiger partial charge in [0.15, 0.2) is 5.78 Å². The van der Waals surface area contributed by atoms with Crippen LogP contribution >= 0.6 is 15.9 Å². The number of nitrogens with zero attached hydrogens (tertiary/aromatic N) is 1. The highest BCUT2D eigenvalue weighted by Crippen LogP contribution is 2.21. The van der Waals surface area contributed by atoms with Gasteiger partial charge in [-0.3, -0.25) is 9.59 Å². The van der Waals surface area contributed by atoms with E-state index in [2.05, 4.69) is 21.2 Å². The summed E-state index contributed by atoms with van der Waals surface area (Å²) < 4.78 is 2.54. The zero-order valence-corrected chi connectivity index (χ0v) is 12.7. The van der Waals surface area contributed by atoms with Crippen LogP contribution < -0.4 is 5.32 Å². The lowest BCUT2D eigenvalue weighted by atomic mass is 10.2. The second-order valence-corrected chi connectivity index (χ2v) is 5.23. The van der Waals surface area contributed by atoms with E-state index in [0.717, 1.165) is 10.2 Å². The van der Waals surface area contributed by atoms with E-state index < -0.39 is 0 Å². The molecule has 1 aromatic carbocycles. The summed E-state index contributed by atoms with van der Waals surface area (Å²) in [5, 5.41) is 2.82. The van der Waals surface area contributed by atoms with Gasteiger partial charge < -0.3 is 9.88 Å². The van der Waals surface area contributed by atoms with Gasteiger partial charge in [-0.2, -0.15) is 0 Å². The number of benzene rings is 1. The molecule has 0 fully saturated rings. The van der Waals surface area contributed by atoms with Gasteiger partial charge in [-0.15, -0.1) is 0 Å². The van der Waals surface area contributed by atoms with Crippen LogP contribution in [-0.4, -0.2) is 16.3 Å². The molecular formula is C15H15BrN2O2. The van der Waals surface area contributed by atoms with Gasteiger partial charge in [0, 0.05) is 28.9 Å². The minimum Gasteiger partial charge on any atom is -0.344 e. The molecule has 5 heteroatoms. The summed E-state index contributed by atoms with van der Waals surface area (Å²) in [6.45, 7) is 2.00. The zero-order valence-electron chi connectivity index (χ0n) is 11.1. The number of hydrogen-bond acceptors (Lipinski definition) is 2. The molecule has 1 heterocycles. The highest BCUT2D eigenvalue weighted by molar-refractivity contribution is 9.10. The number of rotatable bonds is 5. The van der Waals surface area contributed by atoms with Crippen molar-refractivity contribution in [3.05, 3.63) is 52.8 Å². The summed E-state index contributed by atoms with van der Waals surface area (Å²) in [4.78, 5) is 23.5. The largest absolute Gasteiger partial charge is 0.344 e. The molecule has 2 aromatic rings. The van der Waals surface area contributed by atoms with Crippen molar-refractivity contribution in [2.75, 3.05) is 5.32 Å². The van der Waals surface area contributed by atoms with E-state index in [-0.39, 0.29) is 18.2 Å². The molecule has 1 amide bonds. The molecule has 4 nitrogen and oxygen atoms in total. The number of para-hydroxylation sites is 1. The topological polar surface area (TPSA) is 51.1 Å². The molecule has 20 heavy (non-hydrogen) atoms. The molecule has 0 spiro atoms. The van der Waals surface area contributed by atoms with Crippen molar-refractivity contribution in [3.63, 3.8) is 0 Å². The molecule has 104 valence electrons. The zero-order chi connectivity index (χ0) is 14.5. The quantitative estimate of drug-likeness (QED) is 0.851. The fraction of sp³-hybridized carbons (Fsp3) is 0.200. The first-order valence-electron chi connectivity index (χ1n) is 6.33. The number of Topliss-reactive ketones (excluding diaryl/α,β-unsaturated/α-hetero) is 1. The molecule has 0 saturated carbocycles. The molecule has 0 aliphatic carbocycles. The van der Waals surface area contributed by atoms with Gasteiger partial charge in [0.25, 0.3) is 0 Å². The van der Waals surface area contributed by atoms with Crippen LogP contribution in [0.4, 0.5) is 5.69 Å². The van der Waals surface area contributed by atoms with Crippen molar-refractivity contribution >= 4 is 33.3 Å². The first-order chi connectivity index (χ1) is 9.60. The number of halogens is 1. The van der Waals surface area contributed by atoms with Crippen molar-refractivity contribution in [1.82, 2.24) is 4.57 Å². The Balaban J connectivity index is 2.00. The second kappa shape index (κ2) is 6.52. The Morgan fingerprint density at radius 3 is 2.70 bits per heavy atom. The smallest absolute Gasteiger partial charge is 0.244 e. The third-order valence-electron chi connectivity index (χ3n) is 2.87. The number of carbonyl (C=O) groups excluding carboxylic acids is 2. The van der Waals surface area contributed by atoms with Crippen LogP contribution in [0.25, 0.3) is 0 Å². The molecule has 0 unspecified atom stereocenters.